The number of aromatic nitrogens is 3. The van der Waals surface area contributed by atoms with Crippen molar-refractivity contribution in [2.75, 3.05) is 0 Å². The minimum Gasteiger partial charge on any atom is -0.474 e. The summed E-state index contributed by atoms with van der Waals surface area (Å²) in [6.45, 7) is 4.52. The van der Waals surface area contributed by atoms with Gasteiger partial charge in [-0.1, -0.05) is 11.6 Å². The third-order valence-electron chi connectivity index (χ3n) is 3.69. The van der Waals surface area contributed by atoms with Gasteiger partial charge in [0.2, 0.25) is 5.88 Å². The average molecular weight is 335 g/mol. The molecule has 122 valence electrons. The van der Waals surface area contributed by atoms with Crippen LogP contribution < -0.4 is 10.1 Å². The van der Waals surface area contributed by atoms with Crippen molar-refractivity contribution in [1.29, 1.82) is 0 Å². The van der Waals surface area contributed by atoms with Gasteiger partial charge in [-0.3, -0.25) is 4.79 Å². The number of pyridine rings is 1. The number of hydrogen-bond acceptors (Lipinski definition) is 4. The Bertz CT molecular complexity index is 714. The van der Waals surface area contributed by atoms with Gasteiger partial charge in [0.25, 0.3) is 5.91 Å². The monoisotopic (exact) mass is 334 g/mol. The third kappa shape index (κ3) is 3.64. The molecule has 1 aliphatic rings. The lowest BCUT2D eigenvalue weighted by atomic mass is 10.1. The van der Waals surface area contributed by atoms with E-state index in [9.17, 15) is 4.79 Å². The van der Waals surface area contributed by atoms with Crippen LogP contribution in [0.2, 0.25) is 5.02 Å². The van der Waals surface area contributed by atoms with Crippen molar-refractivity contribution in [2.45, 2.75) is 45.4 Å². The smallest absolute Gasteiger partial charge is 0.253 e. The number of aryl methyl sites for hydroxylation is 1. The summed E-state index contributed by atoms with van der Waals surface area (Å²) in [7, 11) is 0. The number of halogens is 1. The Morgan fingerprint density at radius 1 is 1.48 bits per heavy atom. The highest BCUT2D eigenvalue weighted by molar-refractivity contribution is 6.32. The molecule has 0 aromatic carbocycles. The highest BCUT2D eigenvalue weighted by atomic mass is 35.5. The fourth-order valence-corrected chi connectivity index (χ4v) is 2.82. The summed E-state index contributed by atoms with van der Waals surface area (Å²) in [6.07, 6.45) is 6.92. The van der Waals surface area contributed by atoms with Crippen LogP contribution in [-0.2, 0) is 13.0 Å². The van der Waals surface area contributed by atoms with Gasteiger partial charge in [0, 0.05) is 37.6 Å². The molecule has 1 amide bonds. The van der Waals surface area contributed by atoms with E-state index in [0.29, 0.717) is 16.5 Å². The van der Waals surface area contributed by atoms with Crippen molar-refractivity contribution in [2.24, 2.45) is 0 Å². The first-order valence-electron chi connectivity index (χ1n) is 7.66. The van der Waals surface area contributed by atoms with Gasteiger partial charge in [-0.15, -0.1) is 0 Å². The molecule has 0 fully saturated rings. The van der Waals surface area contributed by atoms with Crippen LogP contribution >= 0.6 is 11.6 Å². The molecule has 0 saturated heterocycles. The molecule has 3 rings (SSSR count). The molecule has 0 saturated carbocycles. The topological polar surface area (TPSA) is 69.0 Å². The molecular formula is C16H19ClN4O2. The van der Waals surface area contributed by atoms with E-state index in [4.69, 9.17) is 16.3 Å². The predicted octanol–water partition coefficient (Wildman–Crippen LogP) is 2.46. The number of ether oxygens (including phenoxy) is 1. The minimum absolute atomic E-state index is 0.0220. The lowest BCUT2D eigenvalue weighted by molar-refractivity contribution is 0.0927. The summed E-state index contributed by atoms with van der Waals surface area (Å²) in [4.78, 5) is 20.8. The maximum absolute atomic E-state index is 12.4. The molecule has 23 heavy (non-hydrogen) atoms. The van der Waals surface area contributed by atoms with Crippen LogP contribution in [0.4, 0.5) is 0 Å². The lowest BCUT2D eigenvalue weighted by Crippen LogP contribution is -2.40. The molecular weight excluding hydrogens is 316 g/mol. The lowest BCUT2D eigenvalue weighted by Gasteiger charge is -2.24. The summed E-state index contributed by atoms with van der Waals surface area (Å²) < 4.78 is 7.54. The zero-order valence-corrected chi connectivity index (χ0v) is 13.9. The van der Waals surface area contributed by atoms with E-state index >= 15 is 0 Å². The predicted molar refractivity (Wildman–Crippen MR) is 86.8 cm³/mol. The quantitative estimate of drug-likeness (QED) is 0.932. The number of nitrogens with one attached hydrogen (secondary N) is 1. The van der Waals surface area contributed by atoms with Crippen molar-refractivity contribution in [3.63, 3.8) is 0 Å². The number of amides is 1. The first-order valence-corrected chi connectivity index (χ1v) is 8.04. The maximum atomic E-state index is 12.4. The molecule has 7 heteroatoms. The van der Waals surface area contributed by atoms with Gasteiger partial charge in [0.05, 0.1) is 11.7 Å². The van der Waals surface area contributed by atoms with Crippen molar-refractivity contribution in [3.05, 3.63) is 41.1 Å². The highest BCUT2D eigenvalue weighted by Gasteiger charge is 2.21. The second kappa shape index (κ2) is 6.58. The van der Waals surface area contributed by atoms with Crippen molar-refractivity contribution >= 4 is 17.5 Å². The van der Waals surface area contributed by atoms with E-state index in [0.717, 1.165) is 25.2 Å². The molecule has 2 aromatic heterocycles. The number of hydrogen-bond donors (Lipinski definition) is 1. The molecule has 3 heterocycles. The van der Waals surface area contributed by atoms with Crippen LogP contribution in [0.3, 0.4) is 0 Å². The van der Waals surface area contributed by atoms with Gasteiger partial charge in [0.15, 0.2) is 0 Å². The number of fused-ring (bicyclic) bond motifs is 1. The molecule has 0 bridgehead atoms. The van der Waals surface area contributed by atoms with Gasteiger partial charge in [0.1, 0.15) is 10.8 Å². The van der Waals surface area contributed by atoms with E-state index in [1.165, 1.54) is 6.20 Å². The van der Waals surface area contributed by atoms with Crippen LogP contribution in [0.15, 0.2) is 24.7 Å². The number of rotatable bonds is 4. The van der Waals surface area contributed by atoms with Gasteiger partial charge in [-0.25, -0.2) is 9.97 Å². The molecule has 1 atom stereocenters. The maximum Gasteiger partial charge on any atom is 0.253 e. The zero-order chi connectivity index (χ0) is 16.4. The molecule has 1 aliphatic heterocycles. The summed E-state index contributed by atoms with van der Waals surface area (Å²) in [5.74, 6) is 1.23. The standard InChI is InChI=1S/C16H19ClN4O2/c1-10(2)23-16-13(17)7-11(8-19-16)15(22)20-12-3-4-14-18-5-6-21(14)9-12/h5-8,10,12H,3-4,9H2,1-2H3,(H,20,22)/t12-/m0/s1. The van der Waals surface area contributed by atoms with Gasteiger partial charge >= 0.3 is 0 Å². The summed E-state index contributed by atoms with van der Waals surface area (Å²) >= 11 is 6.13. The van der Waals surface area contributed by atoms with Crippen LogP contribution in [0.25, 0.3) is 0 Å². The van der Waals surface area contributed by atoms with Crippen molar-refractivity contribution in [1.82, 2.24) is 19.9 Å². The first kappa shape index (κ1) is 15.8. The highest BCUT2D eigenvalue weighted by Crippen LogP contribution is 2.23. The summed E-state index contributed by atoms with van der Waals surface area (Å²) in [5.41, 5.74) is 0.433. The SMILES string of the molecule is CC(C)Oc1ncc(C(=O)N[C@H]2CCc3nccn3C2)cc1Cl. The Hall–Kier alpha value is -2.08. The third-order valence-corrected chi connectivity index (χ3v) is 3.96. The van der Waals surface area contributed by atoms with Crippen LogP contribution in [0.1, 0.15) is 36.5 Å². The molecule has 6 nitrogen and oxygen atoms in total. The fourth-order valence-electron chi connectivity index (χ4n) is 2.61. The Balaban J connectivity index is 1.66. The summed E-state index contributed by atoms with van der Waals surface area (Å²) in [5, 5.41) is 3.37. The molecule has 0 spiro atoms. The van der Waals surface area contributed by atoms with Gasteiger partial charge < -0.3 is 14.6 Å². The molecule has 0 unspecified atom stereocenters. The Morgan fingerprint density at radius 2 is 2.30 bits per heavy atom. The number of carbonyl (C=O) groups is 1. The minimum atomic E-state index is -0.177. The largest absolute Gasteiger partial charge is 0.474 e. The molecule has 1 N–H and O–H groups in total. The number of carbonyl (C=O) groups excluding carboxylic acids is 1. The summed E-state index contributed by atoms with van der Waals surface area (Å²) in [6, 6.07) is 1.67. The van der Waals surface area contributed by atoms with E-state index in [1.54, 1.807) is 12.3 Å². The first-order chi connectivity index (χ1) is 11.0. The zero-order valence-electron chi connectivity index (χ0n) is 13.1. The second-order valence-corrected chi connectivity index (χ2v) is 6.29. The average Bonchev–Trinajstić information content (AvgIpc) is 2.96. The van der Waals surface area contributed by atoms with Crippen molar-refractivity contribution < 1.29 is 9.53 Å². The van der Waals surface area contributed by atoms with Gasteiger partial charge in [-0.2, -0.15) is 0 Å². The van der Waals surface area contributed by atoms with E-state index in [-0.39, 0.29) is 18.1 Å². The molecule has 2 aromatic rings. The van der Waals surface area contributed by atoms with Crippen LogP contribution in [-0.4, -0.2) is 32.6 Å². The van der Waals surface area contributed by atoms with E-state index in [1.807, 2.05) is 20.0 Å². The Morgan fingerprint density at radius 3 is 3.04 bits per heavy atom. The van der Waals surface area contributed by atoms with Gasteiger partial charge in [-0.05, 0) is 26.3 Å². The second-order valence-electron chi connectivity index (χ2n) is 5.88. The van der Waals surface area contributed by atoms with Crippen LogP contribution in [0, 0.1) is 0 Å². The number of imidazole rings is 1. The number of nitrogens with zero attached hydrogens (tertiary/aromatic N) is 3. The Kier molecular flexibility index (Phi) is 4.52. The van der Waals surface area contributed by atoms with E-state index in [2.05, 4.69) is 19.9 Å². The fraction of sp³-hybridized carbons (Fsp3) is 0.438. The molecule has 0 radical (unpaired) electrons. The molecule has 0 aliphatic carbocycles. The Labute approximate surface area is 139 Å². The van der Waals surface area contributed by atoms with E-state index < -0.39 is 0 Å². The normalized spacial score (nSPS) is 17.0. The van der Waals surface area contributed by atoms with Crippen LogP contribution in [0.5, 0.6) is 5.88 Å². The van der Waals surface area contributed by atoms with Crippen molar-refractivity contribution in [3.8, 4) is 5.88 Å².